The van der Waals surface area contributed by atoms with Crippen molar-refractivity contribution >= 4 is 5.97 Å². The molecular formula is C10H13NO3. The summed E-state index contributed by atoms with van der Waals surface area (Å²) in [6, 6.07) is 6.27. The highest BCUT2D eigenvalue weighted by molar-refractivity contribution is 5.75. The maximum atomic E-state index is 10.8. The van der Waals surface area contributed by atoms with Crippen LogP contribution in [-0.2, 0) is 4.79 Å². The molecule has 0 fully saturated rings. The van der Waals surface area contributed by atoms with Gasteiger partial charge in [-0.1, -0.05) is 12.1 Å². The smallest absolute Gasteiger partial charge is 0.325 e. The van der Waals surface area contributed by atoms with Crippen LogP contribution < -0.4 is 10.1 Å². The molecule has 4 heteroatoms. The molecule has 1 aromatic rings. The number of hydrogen-bond acceptors (Lipinski definition) is 3. The summed E-state index contributed by atoms with van der Waals surface area (Å²) in [7, 11) is 3.19. The predicted molar refractivity (Wildman–Crippen MR) is 52.4 cm³/mol. The largest absolute Gasteiger partial charge is 0.497 e. The molecule has 0 aliphatic heterocycles. The predicted octanol–water partition coefficient (Wildman–Crippen LogP) is 1.04. The monoisotopic (exact) mass is 195 g/mol. The molecule has 4 nitrogen and oxygen atoms in total. The van der Waals surface area contributed by atoms with Gasteiger partial charge in [0.25, 0.3) is 0 Å². The van der Waals surface area contributed by atoms with E-state index in [9.17, 15) is 4.79 Å². The Bertz CT molecular complexity index is 308. The molecule has 0 spiro atoms. The minimum absolute atomic E-state index is 0.666. The summed E-state index contributed by atoms with van der Waals surface area (Å²) in [6.45, 7) is 0. The van der Waals surface area contributed by atoms with Crippen molar-refractivity contribution in [1.29, 1.82) is 0 Å². The highest BCUT2D eigenvalue weighted by atomic mass is 16.5. The van der Waals surface area contributed by atoms with E-state index in [1.807, 2.05) is 0 Å². The third-order valence-corrected chi connectivity index (χ3v) is 1.98. The zero-order valence-electron chi connectivity index (χ0n) is 8.15. The van der Waals surface area contributed by atoms with Gasteiger partial charge in [0.1, 0.15) is 11.8 Å². The maximum Gasteiger partial charge on any atom is 0.325 e. The third-order valence-electron chi connectivity index (χ3n) is 1.98. The van der Waals surface area contributed by atoms with Crippen LogP contribution in [0.15, 0.2) is 24.3 Å². The van der Waals surface area contributed by atoms with Crippen LogP contribution in [0.5, 0.6) is 5.75 Å². The van der Waals surface area contributed by atoms with Crippen LogP contribution in [0, 0.1) is 0 Å². The first-order chi connectivity index (χ1) is 6.69. The number of likely N-dealkylation sites (N-methyl/N-ethyl adjacent to an activating group) is 1. The fourth-order valence-corrected chi connectivity index (χ4v) is 1.23. The number of hydrogen-bond donors (Lipinski definition) is 2. The summed E-state index contributed by atoms with van der Waals surface area (Å²) in [5, 5.41) is 11.6. The van der Waals surface area contributed by atoms with E-state index in [0.717, 1.165) is 0 Å². The van der Waals surface area contributed by atoms with Crippen molar-refractivity contribution in [3.05, 3.63) is 29.8 Å². The van der Waals surface area contributed by atoms with E-state index in [0.29, 0.717) is 11.3 Å². The first-order valence-corrected chi connectivity index (χ1v) is 4.23. The summed E-state index contributed by atoms with van der Waals surface area (Å²) in [4.78, 5) is 10.8. The third kappa shape index (κ3) is 2.23. The number of ether oxygens (including phenoxy) is 1. The van der Waals surface area contributed by atoms with E-state index in [1.54, 1.807) is 38.4 Å². The minimum Gasteiger partial charge on any atom is -0.497 e. The van der Waals surface area contributed by atoms with Crippen LogP contribution >= 0.6 is 0 Å². The van der Waals surface area contributed by atoms with Gasteiger partial charge in [-0.15, -0.1) is 0 Å². The zero-order valence-corrected chi connectivity index (χ0v) is 8.15. The van der Waals surface area contributed by atoms with Crippen LogP contribution in [-0.4, -0.2) is 25.2 Å². The number of aliphatic carboxylic acids is 1. The van der Waals surface area contributed by atoms with Gasteiger partial charge >= 0.3 is 5.97 Å². The van der Waals surface area contributed by atoms with Gasteiger partial charge in [-0.2, -0.15) is 0 Å². The van der Waals surface area contributed by atoms with Gasteiger partial charge in [0.2, 0.25) is 0 Å². The number of methoxy groups -OCH3 is 1. The molecule has 1 unspecified atom stereocenters. The Hall–Kier alpha value is -1.55. The maximum absolute atomic E-state index is 10.8. The average molecular weight is 195 g/mol. The lowest BCUT2D eigenvalue weighted by Gasteiger charge is -2.11. The van der Waals surface area contributed by atoms with Crippen molar-refractivity contribution in [1.82, 2.24) is 5.32 Å². The molecule has 1 rings (SSSR count). The fraction of sp³-hybridized carbons (Fsp3) is 0.300. The second kappa shape index (κ2) is 4.62. The van der Waals surface area contributed by atoms with Gasteiger partial charge in [0.15, 0.2) is 0 Å². The number of nitrogens with one attached hydrogen (secondary N) is 1. The molecular weight excluding hydrogens is 182 g/mol. The summed E-state index contributed by atoms with van der Waals surface area (Å²) >= 11 is 0. The van der Waals surface area contributed by atoms with E-state index < -0.39 is 12.0 Å². The number of carbonyl (C=O) groups is 1. The second-order valence-corrected chi connectivity index (χ2v) is 2.83. The Morgan fingerprint density at radius 2 is 2.00 bits per heavy atom. The number of rotatable bonds is 4. The number of carboxylic acids is 1. The van der Waals surface area contributed by atoms with Gasteiger partial charge in [-0.3, -0.25) is 4.79 Å². The van der Waals surface area contributed by atoms with Gasteiger partial charge in [-0.05, 0) is 24.7 Å². The zero-order chi connectivity index (χ0) is 10.6. The van der Waals surface area contributed by atoms with E-state index in [4.69, 9.17) is 9.84 Å². The van der Waals surface area contributed by atoms with Crippen molar-refractivity contribution in [2.45, 2.75) is 6.04 Å². The fourth-order valence-electron chi connectivity index (χ4n) is 1.23. The highest BCUT2D eigenvalue weighted by Crippen LogP contribution is 2.17. The van der Waals surface area contributed by atoms with E-state index in [-0.39, 0.29) is 0 Å². The molecule has 76 valence electrons. The Balaban J connectivity index is 2.89. The van der Waals surface area contributed by atoms with Crippen LogP contribution in [0.4, 0.5) is 0 Å². The molecule has 0 radical (unpaired) electrons. The van der Waals surface area contributed by atoms with E-state index >= 15 is 0 Å². The molecule has 0 heterocycles. The van der Waals surface area contributed by atoms with Crippen molar-refractivity contribution < 1.29 is 14.6 Å². The lowest BCUT2D eigenvalue weighted by molar-refractivity contribution is -0.139. The number of benzene rings is 1. The van der Waals surface area contributed by atoms with E-state index in [2.05, 4.69) is 5.32 Å². The second-order valence-electron chi connectivity index (χ2n) is 2.83. The molecule has 0 saturated carbocycles. The normalized spacial score (nSPS) is 12.1. The van der Waals surface area contributed by atoms with Crippen molar-refractivity contribution in [2.75, 3.05) is 14.2 Å². The standard InChI is InChI=1S/C10H13NO3/c1-11-9(10(12)13)7-3-5-8(14-2)6-4-7/h3-6,9,11H,1-2H3,(H,12,13). The average Bonchev–Trinajstić information content (AvgIpc) is 2.19. The van der Waals surface area contributed by atoms with Gasteiger partial charge < -0.3 is 15.2 Å². The molecule has 1 atom stereocenters. The first-order valence-electron chi connectivity index (χ1n) is 4.23. The van der Waals surface area contributed by atoms with Gasteiger partial charge in [0.05, 0.1) is 7.11 Å². The van der Waals surface area contributed by atoms with Crippen molar-refractivity contribution in [3.8, 4) is 5.75 Å². The Kier molecular flexibility index (Phi) is 3.48. The van der Waals surface area contributed by atoms with Crippen LogP contribution in [0.3, 0.4) is 0 Å². The quantitative estimate of drug-likeness (QED) is 0.753. The van der Waals surface area contributed by atoms with Crippen LogP contribution in [0.1, 0.15) is 11.6 Å². The lowest BCUT2D eigenvalue weighted by Crippen LogP contribution is -2.24. The van der Waals surface area contributed by atoms with Crippen molar-refractivity contribution in [2.24, 2.45) is 0 Å². The highest BCUT2D eigenvalue weighted by Gasteiger charge is 2.16. The SMILES string of the molecule is CNC(C(=O)O)c1ccc(OC)cc1. The lowest BCUT2D eigenvalue weighted by atomic mass is 10.1. The van der Waals surface area contributed by atoms with Gasteiger partial charge in [-0.25, -0.2) is 0 Å². The molecule has 0 saturated heterocycles. The topological polar surface area (TPSA) is 58.6 Å². The Labute approximate surface area is 82.5 Å². The summed E-state index contributed by atoms with van der Waals surface area (Å²) in [5.74, 6) is -0.174. The summed E-state index contributed by atoms with van der Waals surface area (Å²) < 4.78 is 4.98. The molecule has 14 heavy (non-hydrogen) atoms. The molecule has 0 aliphatic rings. The summed E-state index contributed by atoms with van der Waals surface area (Å²) in [6.07, 6.45) is 0. The van der Waals surface area contributed by atoms with E-state index in [1.165, 1.54) is 0 Å². The molecule has 0 aliphatic carbocycles. The number of carboxylic acid groups (broad SMARTS) is 1. The molecule has 0 aromatic heterocycles. The van der Waals surface area contributed by atoms with Gasteiger partial charge in [0, 0.05) is 0 Å². The molecule has 1 aromatic carbocycles. The molecule has 0 bridgehead atoms. The summed E-state index contributed by atoms with van der Waals surface area (Å²) in [5.41, 5.74) is 0.709. The first kappa shape index (κ1) is 10.5. The van der Waals surface area contributed by atoms with Crippen molar-refractivity contribution in [3.63, 3.8) is 0 Å². The Morgan fingerprint density at radius 1 is 1.43 bits per heavy atom. The molecule has 0 amide bonds. The minimum atomic E-state index is -0.891. The van der Waals surface area contributed by atoms with Crippen LogP contribution in [0.2, 0.25) is 0 Å². The molecule has 2 N–H and O–H groups in total. The van der Waals surface area contributed by atoms with Crippen LogP contribution in [0.25, 0.3) is 0 Å². The Morgan fingerprint density at radius 3 is 2.36 bits per heavy atom.